The molecular weight excluding hydrogens is 436 g/mol. The van der Waals surface area contributed by atoms with Crippen molar-refractivity contribution in [2.75, 3.05) is 6.61 Å². The predicted molar refractivity (Wildman–Crippen MR) is 133 cm³/mol. The molecule has 5 heteroatoms. The molecule has 0 spiro atoms. The quantitative estimate of drug-likeness (QED) is 0.544. The molecule has 176 valence electrons. The van der Waals surface area contributed by atoms with Crippen molar-refractivity contribution >= 4 is 11.8 Å². The first-order valence-corrected chi connectivity index (χ1v) is 12.1. The molecule has 1 aliphatic carbocycles. The number of Topliss-reactive ketones (excluding diaryl/α,β-unsaturated/α-hetero) is 1. The Morgan fingerprint density at radius 2 is 1.69 bits per heavy atom. The third-order valence-corrected chi connectivity index (χ3v) is 6.87. The molecule has 3 atom stereocenters. The van der Waals surface area contributed by atoms with Gasteiger partial charge < -0.3 is 10.1 Å². The van der Waals surface area contributed by atoms with E-state index in [9.17, 15) is 9.59 Å². The van der Waals surface area contributed by atoms with Crippen molar-refractivity contribution in [2.45, 2.75) is 31.6 Å². The van der Waals surface area contributed by atoms with E-state index in [-0.39, 0.29) is 24.3 Å². The van der Waals surface area contributed by atoms with Gasteiger partial charge in [0.05, 0.1) is 18.1 Å². The van der Waals surface area contributed by atoms with E-state index in [4.69, 9.17) is 4.74 Å². The summed E-state index contributed by atoms with van der Waals surface area (Å²) in [6.07, 6.45) is 6.89. The second-order valence-corrected chi connectivity index (χ2v) is 9.14. The minimum atomic E-state index is -0.453. The highest BCUT2D eigenvalue weighted by molar-refractivity contribution is 5.96. The van der Waals surface area contributed by atoms with Crippen LogP contribution >= 0.6 is 0 Å². The van der Waals surface area contributed by atoms with Crippen LogP contribution in [0.15, 0.2) is 108 Å². The number of allylic oxidation sites excluding steroid dienone is 3. The van der Waals surface area contributed by atoms with Crippen LogP contribution in [0.4, 0.5) is 0 Å². The number of aromatic amines is 1. The number of ether oxygens (including phenoxy) is 1. The Labute approximate surface area is 205 Å². The number of pyridine rings is 1. The van der Waals surface area contributed by atoms with Gasteiger partial charge in [-0.2, -0.15) is 0 Å². The van der Waals surface area contributed by atoms with Crippen LogP contribution in [0.2, 0.25) is 0 Å². The molecule has 0 bridgehead atoms. The largest absolute Gasteiger partial charge is 0.462 e. The Balaban J connectivity index is 1.47. The minimum Gasteiger partial charge on any atom is -0.462 e. The van der Waals surface area contributed by atoms with E-state index in [2.05, 4.69) is 28.5 Å². The van der Waals surface area contributed by atoms with Gasteiger partial charge in [0.15, 0.2) is 12.4 Å². The van der Waals surface area contributed by atoms with Crippen LogP contribution in [-0.2, 0) is 20.7 Å². The molecular formula is C30H29N2O3+. The van der Waals surface area contributed by atoms with Gasteiger partial charge in [-0.05, 0) is 24.1 Å². The Kier molecular flexibility index (Phi) is 6.57. The fourth-order valence-electron chi connectivity index (χ4n) is 5.20. The lowest BCUT2D eigenvalue weighted by atomic mass is 9.69. The molecule has 2 N–H and O–H groups in total. The number of esters is 1. The highest BCUT2D eigenvalue weighted by Gasteiger charge is 2.45. The van der Waals surface area contributed by atoms with Crippen LogP contribution < -0.4 is 10.3 Å². The first kappa shape index (κ1) is 22.8. The molecule has 0 saturated heterocycles. The lowest BCUT2D eigenvalue weighted by Crippen LogP contribution is -2.42. The second kappa shape index (κ2) is 10.1. The molecule has 1 aromatic heterocycles. The number of hydrogen-bond donors (Lipinski definition) is 1. The molecule has 0 saturated carbocycles. The Bertz CT molecular complexity index is 1270. The van der Waals surface area contributed by atoms with Crippen molar-refractivity contribution < 1.29 is 19.3 Å². The number of aromatic nitrogens is 1. The molecule has 2 aliphatic rings. The molecule has 35 heavy (non-hydrogen) atoms. The number of H-pyrrole nitrogens is 1. The first-order valence-electron chi connectivity index (χ1n) is 12.1. The molecule has 0 radical (unpaired) electrons. The van der Waals surface area contributed by atoms with Crippen molar-refractivity contribution in [3.63, 3.8) is 0 Å². The van der Waals surface area contributed by atoms with E-state index in [1.165, 1.54) is 0 Å². The number of carbonyl (C=O) groups excluding carboxylic acids is 2. The molecule has 3 unspecified atom stereocenters. The molecule has 0 amide bonds. The Morgan fingerprint density at radius 3 is 2.40 bits per heavy atom. The number of benzene rings is 2. The average molecular weight is 466 g/mol. The summed E-state index contributed by atoms with van der Waals surface area (Å²) in [5.41, 5.74) is 5.24. The highest BCUT2D eigenvalue weighted by Crippen LogP contribution is 2.45. The van der Waals surface area contributed by atoms with Crippen LogP contribution in [0.1, 0.15) is 41.9 Å². The fraction of sp³-hybridized carbons (Fsp3) is 0.233. The Morgan fingerprint density at radius 1 is 0.971 bits per heavy atom. The van der Waals surface area contributed by atoms with Gasteiger partial charge in [-0.25, -0.2) is 9.78 Å². The third kappa shape index (κ3) is 4.80. The zero-order valence-corrected chi connectivity index (χ0v) is 19.7. The van der Waals surface area contributed by atoms with Gasteiger partial charge in [-0.15, -0.1) is 0 Å². The number of rotatable bonds is 6. The van der Waals surface area contributed by atoms with Crippen molar-refractivity contribution in [3.8, 4) is 0 Å². The van der Waals surface area contributed by atoms with Gasteiger partial charge in [0.1, 0.15) is 5.78 Å². The molecule has 5 rings (SSSR count). The van der Waals surface area contributed by atoms with Crippen molar-refractivity contribution in [3.05, 3.63) is 125 Å². The summed E-state index contributed by atoms with van der Waals surface area (Å²) in [4.78, 5) is 30.1. The predicted octanol–water partition coefficient (Wildman–Crippen LogP) is 4.50. The van der Waals surface area contributed by atoms with E-state index in [0.29, 0.717) is 18.4 Å². The normalized spacial score (nSPS) is 21.6. The number of hydrogen-bond acceptors (Lipinski definition) is 4. The minimum absolute atomic E-state index is 0.0117. The Hall–Kier alpha value is -3.99. The fourth-order valence-corrected chi connectivity index (χ4v) is 5.20. The first-order chi connectivity index (χ1) is 17.1. The molecule has 3 aromatic rings. The van der Waals surface area contributed by atoms with E-state index < -0.39 is 11.8 Å². The van der Waals surface area contributed by atoms with E-state index in [1.807, 2.05) is 80.0 Å². The topological polar surface area (TPSA) is 69.5 Å². The lowest BCUT2D eigenvalue weighted by Gasteiger charge is -2.39. The van der Waals surface area contributed by atoms with Gasteiger partial charge >= 0.3 is 5.97 Å². The van der Waals surface area contributed by atoms with Crippen molar-refractivity contribution in [1.29, 1.82) is 0 Å². The average Bonchev–Trinajstić information content (AvgIpc) is 2.89. The van der Waals surface area contributed by atoms with Gasteiger partial charge in [0, 0.05) is 47.7 Å². The summed E-state index contributed by atoms with van der Waals surface area (Å²) < 4.78 is 5.74. The summed E-state index contributed by atoms with van der Waals surface area (Å²) in [6, 6.07) is 23.9. The van der Waals surface area contributed by atoms with Crippen molar-refractivity contribution in [1.82, 2.24) is 5.32 Å². The lowest BCUT2D eigenvalue weighted by molar-refractivity contribution is -0.378. The second-order valence-electron chi connectivity index (χ2n) is 9.14. The van der Waals surface area contributed by atoms with Gasteiger partial charge in [-0.3, -0.25) is 4.79 Å². The van der Waals surface area contributed by atoms with Crippen LogP contribution in [-0.4, -0.2) is 18.4 Å². The maximum atomic E-state index is 13.6. The van der Waals surface area contributed by atoms with E-state index in [0.717, 1.165) is 28.1 Å². The molecule has 5 nitrogen and oxygen atoms in total. The third-order valence-electron chi connectivity index (χ3n) is 6.87. The molecule has 1 aliphatic heterocycles. The van der Waals surface area contributed by atoms with Crippen LogP contribution in [0, 0.1) is 5.92 Å². The van der Waals surface area contributed by atoms with Gasteiger partial charge in [0.2, 0.25) is 0 Å². The number of nitrogens with one attached hydrogen (secondary N) is 2. The number of carbonyl (C=O) groups is 2. The zero-order valence-electron chi connectivity index (χ0n) is 19.7. The summed E-state index contributed by atoms with van der Waals surface area (Å²) in [7, 11) is 0. The van der Waals surface area contributed by atoms with Crippen molar-refractivity contribution in [2.24, 2.45) is 5.92 Å². The monoisotopic (exact) mass is 465 g/mol. The zero-order chi connectivity index (χ0) is 24.2. The molecule has 2 aromatic carbocycles. The smallest absolute Gasteiger partial charge is 0.336 e. The SMILES string of the molecule is CC1=C(C(=O)OCCc2ccccc2)C(c2ccc[nH+]c2)C2C(=O)CC(c3ccccc3)C=C2N1. The van der Waals surface area contributed by atoms with E-state index in [1.54, 1.807) is 0 Å². The summed E-state index contributed by atoms with van der Waals surface area (Å²) in [6.45, 7) is 2.17. The highest BCUT2D eigenvalue weighted by atomic mass is 16.5. The summed E-state index contributed by atoms with van der Waals surface area (Å²) >= 11 is 0. The van der Waals surface area contributed by atoms with Gasteiger partial charge in [0.25, 0.3) is 0 Å². The van der Waals surface area contributed by atoms with Crippen LogP contribution in [0.3, 0.4) is 0 Å². The summed E-state index contributed by atoms with van der Waals surface area (Å²) in [5, 5.41) is 3.40. The van der Waals surface area contributed by atoms with Crippen LogP contribution in [0.5, 0.6) is 0 Å². The summed E-state index contributed by atoms with van der Waals surface area (Å²) in [5.74, 6) is -1.10. The molecule has 2 heterocycles. The number of fused-ring (bicyclic) bond motifs is 1. The van der Waals surface area contributed by atoms with Gasteiger partial charge in [-0.1, -0.05) is 66.7 Å². The maximum Gasteiger partial charge on any atom is 0.336 e. The standard InChI is InChI=1S/C30H28N2O3/c1-20-27(30(34)35-16-14-21-9-4-2-5-10-21)28(23-13-8-15-31-19-23)29-25(32-20)17-24(18-26(29)33)22-11-6-3-7-12-22/h2-13,15,17,19,24,28-29,32H,14,16,18H2,1H3/p+1. The molecule has 0 fully saturated rings. The van der Waals surface area contributed by atoms with E-state index >= 15 is 0 Å². The maximum absolute atomic E-state index is 13.6. The number of ketones is 1. The van der Waals surface area contributed by atoms with Crippen LogP contribution in [0.25, 0.3) is 0 Å².